The molecule has 0 atom stereocenters. The summed E-state index contributed by atoms with van der Waals surface area (Å²) in [6.45, 7) is 2.44. The number of nitrogens with zero attached hydrogens (tertiary/aromatic N) is 1. The molecule has 0 rings (SSSR count). The predicted octanol–water partition coefficient (Wildman–Crippen LogP) is 1.54. The van der Waals surface area contributed by atoms with Crippen LogP contribution in [-0.4, -0.2) is 52.9 Å². The Hall–Kier alpha value is -0.570. The van der Waals surface area contributed by atoms with Gasteiger partial charge in [0.1, 0.15) is 0 Å². The summed E-state index contributed by atoms with van der Waals surface area (Å²) in [6.07, 6.45) is 4.34. The fraction of sp³-hybridized carbons (Fsp3) is 0.846. The van der Waals surface area contributed by atoms with Gasteiger partial charge in [-0.05, 0) is 19.3 Å². The third-order valence-electron chi connectivity index (χ3n) is 2.62. The lowest BCUT2D eigenvalue weighted by molar-refractivity contribution is -0.140. The van der Waals surface area contributed by atoms with Gasteiger partial charge in [0, 0.05) is 40.3 Å². The maximum Gasteiger partial charge on any atom is 0.305 e. The molecule has 0 bridgehead atoms. The van der Waals surface area contributed by atoms with Crippen LogP contribution in [0.15, 0.2) is 4.99 Å². The Labute approximate surface area is 139 Å². The SMILES string of the molecule is CN=C(NCCCCCC(=O)OC)NCCCOC.I. The second kappa shape index (κ2) is 16.5. The number of methoxy groups -OCH3 is 2. The van der Waals surface area contributed by atoms with Crippen LogP contribution >= 0.6 is 24.0 Å². The smallest absolute Gasteiger partial charge is 0.305 e. The number of rotatable bonds is 10. The van der Waals surface area contributed by atoms with Crippen molar-refractivity contribution in [1.82, 2.24) is 10.6 Å². The van der Waals surface area contributed by atoms with E-state index in [9.17, 15) is 4.79 Å². The highest BCUT2D eigenvalue weighted by molar-refractivity contribution is 14.0. The average molecular weight is 401 g/mol. The number of halogens is 1. The fourth-order valence-electron chi connectivity index (χ4n) is 1.52. The van der Waals surface area contributed by atoms with Gasteiger partial charge in [-0.15, -0.1) is 24.0 Å². The standard InChI is InChI=1S/C13H27N3O3.HI/c1-14-13(16-10-7-11-18-2)15-9-6-4-5-8-12(17)19-3;/h4-11H2,1-3H3,(H2,14,15,16);1H. The van der Waals surface area contributed by atoms with E-state index in [0.717, 1.165) is 51.3 Å². The highest BCUT2D eigenvalue weighted by atomic mass is 127. The normalized spacial score (nSPS) is 10.7. The van der Waals surface area contributed by atoms with E-state index in [0.29, 0.717) is 6.42 Å². The van der Waals surface area contributed by atoms with Crippen LogP contribution in [0.1, 0.15) is 32.1 Å². The first-order valence-corrected chi connectivity index (χ1v) is 6.74. The number of aliphatic imine (C=N–C) groups is 1. The summed E-state index contributed by atoms with van der Waals surface area (Å²) in [5, 5.41) is 6.44. The van der Waals surface area contributed by atoms with Gasteiger partial charge in [0.15, 0.2) is 5.96 Å². The van der Waals surface area contributed by atoms with Gasteiger partial charge < -0.3 is 20.1 Å². The number of carbonyl (C=O) groups excluding carboxylic acids is 1. The minimum absolute atomic E-state index is 0. The van der Waals surface area contributed by atoms with E-state index in [4.69, 9.17) is 4.74 Å². The van der Waals surface area contributed by atoms with Crippen molar-refractivity contribution in [3.05, 3.63) is 0 Å². The number of carbonyl (C=O) groups is 1. The number of nitrogens with one attached hydrogen (secondary N) is 2. The summed E-state index contributed by atoms with van der Waals surface area (Å²) in [4.78, 5) is 15.0. The van der Waals surface area contributed by atoms with E-state index in [1.807, 2.05) is 0 Å². The third kappa shape index (κ3) is 13.9. The predicted molar refractivity (Wildman–Crippen MR) is 91.8 cm³/mol. The fourth-order valence-corrected chi connectivity index (χ4v) is 1.52. The lowest BCUT2D eigenvalue weighted by Crippen LogP contribution is -2.38. The molecule has 2 N–H and O–H groups in total. The summed E-state index contributed by atoms with van der Waals surface area (Å²) in [5.41, 5.74) is 0. The van der Waals surface area contributed by atoms with Crippen molar-refractivity contribution in [3.63, 3.8) is 0 Å². The largest absolute Gasteiger partial charge is 0.469 e. The molecule has 20 heavy (non-hydrogen) atoms. The van der Waals surface area contributed by atoms with E-state index in [1.54, 1.807) is 14.2 Å². The highest BCUT2D eigenvalue weighted by Crippen LogP contribution is 1.99. The number of ether oxygens (including phenoxy) is 2. The Morgan fingerprint density at radius 3 is 2.25 bits per heavy atom. The van der Waals surface area contributed by atoms with E-state index in [-0.39, 0.29) is 29.9 Å². The molecule has 0 aliphatic rings. The topological polar surface area (TPSA) is 72.0 Å². The van der Waals surface area contributed by atoms with Crippen LogP contribution in [0.25, 0.3) is 0 Å². The van der Waals surface area contributed by atoms with Crippen molar-refractivity contribution < 1.29 is 14.3 Å². The van der Waals surface area contributed by atoms with Crippen molar-refractivity contribution in [2.75, 3.05) is 41.0 Å². The molecule has 0 spiro atoms. The molecule has 0 amide bonds. The van der Waals surface area contributed by atoms with E-state index in [2.05, 4.69) is 20.4 Å². The van der Waals surface area contributed by atoms with Gasteiger partial charge in [-0.1, -0.05) is 6.42 Å². The van der Waals surface area contributed by atoms with Crippen molar-refractivity contribution in [2.45, 2.75) is 32.1 Å². The molecule has 7 heteroatoms. The van der Waals surface area contributed by atoms with Crippen LogP contribution in [0.4, 0.5) is 0 Å². The quantitative estimate of drug-likeness (QED) is 0.191. The van der Waals surface area contributed by atoms with Crippen LogP contribution < -0.4 is 10.6 Å². The summed E-state index contributed by atoms with van der Waals surface area (Å²) < 4.78 is 9.56. The summed E-state index contributed by atoms with van der Waals surface area (Å²) in [7, 11) is 4.87. The lowest BCUT2D eigenvalue weighted by atomic mass is 10.2. The first-order chi connectivity index (χ1) is 9.24. The van der Waals surface area contributed by atoms with Gasteiger partial charge in [-0.25, -0.2) is 0 Å². The molecule has 0 aromatic heterocycles. The molecular formula is C13H28IN3O3. The van der Waals surface area contributed by atoms with Crippen LogP contribution in [0, 0.1) is 0 Å². The van der Waals surface area contributed by atoms with Crippen molar-refractivity contribution in [3.8, 4) is 0 Å². The zero-order valence-electron chi connectivity index (χ0n) is 12.7. The molecule has 0 aromatic carbocycles. The van der Waals surface area contributed by atoms with Crippen molar-refractivity contribution in [2.24, 2.45) is 4.99 Å². The van der Waals surface area contributed by atoms with Gasteiger partial charge in [0.05, 0.1) is 7.11 Å². The Balaban J connectivity index is 0. The Morgan fingerprint density at radius 2 is 1.70 bits per heavy atom. The second-order valence-corrected chi connectivity index (χ2v) is 4.16. The van der Waals surface area contributed by atoms with Gasteiger partial charge in [0.25, 0.3) is 0 Å². The van der Waals surface area contributed by atoms with Crippen LogP contribution in [0.2, 0.25) is 0 Å². The molecule has 0 aliphatic heterocycles. The molecule has 0 aromatic rings. The monoisotopic (exact) mass is 401 g/mol. The van der Waals surface area contributed by atoms with Gasteiger partial charge in [0.2, 0.25) is 0 Å². The van der Waals surface area contributed by atoms with Gasteiger partial charge >= 0.3 is 5.97 Å². The molecule has 0 radical (unpaired) electrons. The van der Waals surface area contributed by atoms with E-state index in [1.165, 1.54) is 7.11 Å². The third-order valence-corrected chi connectivity index (χ3v) is 2.62. The molecule has 120 valence electrons. The summed E-state index contributed by atoms with van der Waals surface area (Å²) in [5.74, 6) is 0.674. The number of hydrogen-bond acceptors (Lipinski definition) is 4. The van der Waals surface area contributed by atoms with Crippen LogP contribution in [0.5, 0.6) is 0 Å². The lowest BCUT2D eigenvalue weighted by Gasteiger charge is -2.11. The highest BCUT2D eigenvalue weighted by Gasteiger charge is 2.00. The Kier molecular flexibility index (Phi) is 17.9. The van der Waals surface area contributed by atoms with Gasteiger partial charge in [-0.3, -0.25) is 9.79 Å². The first-order valence-electron chi connectivity index (χ1n) is 6.74. The van der Waals surface area contributed by atoms with Crippen LogP contribution in [0.3, 0.4) is 0 Å². The maximum atomic E-state index is 10.9. The molecule has 0 fully saturated rings. The molecule has 0 saturated heterocycles. The number of hydrogen-bond donors (Lipinski definition) is 2. The molecule has 6 nitrogen and oxygen atoms in total. The first kappa shape index (κ1) is 21.7. The van der Waals surface area contributed by atoms with E-state index < -0.39 is 0 Å². The molecule has 0 unspecified atom stereocenters. The minimum atomic E-state index is -0.136. The maximum absolute atomic E-state index is 10.9. The number of guanidine groups is 1. The summed E-state index contributed by atoms with van der Waals surface area (Å²) >= 11 is 0. The second-order valence-electron chi connectivity index (χ2n) is 4.16. The van der Waals surface area contributed by atoms with Crippen LogP contribution in [-0.2, 0) is 14.3 Å². The zero-order valence-corrected chi connectivity index (χ0v) is 15.1. The van der Waals surface area contributed by atoms with Gasteiger partial charge in [-0.2, -0.15) is 0 Å². The minimum Gasteiger partial charge on any atom is -0.469 e. The Bertz CT molecular complexity index is 263. The molecular weight excluding hydrogens is 373 g/mol. The van der Waals surface area contributed by atoms with Crippen molar-refractivity contribution >= 4 is 35.9 Å². The average Bonchev–Trinajstić information content (AvgIpc) is 2.44. The molecule has 0 heterocycles. The Morgan fingerprint density at radius 1 is 1.05 bits per heavy atom. The zero-order chi connectivity index (χ0) is 14.3. The summed E-state index contributed by atoms with van der Waals surface area (Å²) in [6, 6.07) is 0. The molecule has 0 saturated carbocycles. The van der Waals surface area contributed by atoms with E-state index >= 15 is 0 Å². The molecule has 0 aliphatic carbocycles. The number of unbranched alkanes of at least 4 members (excludes halogenated alkanes) is 2. The van der Waals surface area contributed by atoms with Crippen molar-refractivity contribution in [1.29, 1.82) is 0 Å². The number of esters is 1.